The highest BCUT2D eigenvalue weighted by molar-refractivity contribution is 5.83. The first-order chi connectivity index (χ1) is 12.1. The minimum atomic E-state index is -0.968. The number of fused-ring (bicyclic) bond motifs is 1. The zero-order valence-electron chi connectivity index (χ0n) is 13.9. The van der Waals surface area contributed by atoms with E-state index < -0.39 is 5.97 Å². The van der Waals surface area contributed by atoms with E-state index in [1.54, 1.807) is 0 Å². The normalized spacial score (nSPS) is 11.6. The second kappa shape index (κ2) is 7.65. The van der Waals surface area contributed by atoms with Crippen molar-refractivity contribution in [1.29, 1.82) is 0 Å². The molecule has 0 fully saturated rings. The minimum Gasteiger partial charge on any atom is -0.480 e. The Hall–Kier alpha value is -3.09. The maximum Gasteiger partial charge on any atom is 0.329 e. The van der Waals surface area contributed by atoms with Crippen molar-refractivity contribution in [3.05, 3.63) is 83.4 Å². The Bertz CT molecular complexity index is 946. The lowest BCUT2D eigenvalue weighted by Crippen LogP contribution is -2.09. The molecule has 124 valence electrons. The van der Waals surface area contributed by atoms with Gasteiger partial charge >= 0.3 is 5.97 Å². The standard InChI is InChI=1S/C22H18O3/c1-16(25-15-22(23)24)19-11-8-17(9-12-19)6-7-18-10-13-20-4-2-3-5-21(20)14-18/h2-5,8-14,16H,15H2,1H3,(H,23,24). The Labute approximate surface area is 146 Å². The number of carboxylic acids is 1. The van der Waals surface area contributed by atoms with Crippen molar-refractivity contribution in [2.75, 3.05) is 6.61 Å². The van der Waals surface area contributed by atoms with Gasteiger partial charge in [0.25, 0.3) is 0 Å². The number of carboxylic acid groups (broad SMARTS) is 1. The molecule has 0 saturated heterocycles. The van der Waals surface area contributed by atoms with Crippen LogP contribution in [-0.2, 0) is 9.53 Å². The monoisotopic (exact) mass is 330 g/mol. The van der Waals surface area contributed by atoms with Crippen molar-refractivity contribution in [3.8, 4) is 11.8 Å². The third-order valence-corrected chi connectivity index (χ3v) is 3.94. The molecular formula is C22H18O3. The van der Waals surface area contributed by atoms with Gasteiger partial charge in [-0.3, -0.25) is 0 Å². The van der Waals surface area contributed by atoms with Crippen LogP contribution in [0.4, 0.5) is 0 Å². The molecule has 0 spiro atoms. The molecule has 1 atom stereocenters. The van der Waals surface area contributed by atoms with E-state index in [-0.39, 0.29) is 12.7 Å². The van der Waals surface area contributed by atoms with Crippen LogP contribution in [0.2, 0.25) is 0 Å². The summed E-state index contributed by atoms with van der Waals surface area (Å²) < 4.78 is 5.26. The molecule has 3 nitrogen and oxygen atoms in total. The highest BCUT2D eigenvalue weighted by atomic mass is 16.5. The number of rotatable bonds is 4. The molecule has 0 radical (unpaired) electrons. The van der Waals surface area contributed by atoms with Crippen LogP contribution in [0.25, 0.3) is 10.8 Å². The molecule has 0 aliphatic rings. The van der Waals surface area contributed by atoms with E-state index >= 15 is 0 Å². The van der Waals surface area contributed by atoms with Gasteiger partial charge in [0, 0.05) is 11.1 Å². The molecule has 1 N–H and O–H groups in total. The molecule has 3 aromatic carbocycles. The van der Waals surface area contributed by atoms with Gasteiger partial charge in [0.1, 0.15) is 6.61 Å². The quantitative estimate of drug-likeness (QED) is 0.721. The Morgan fingerprint density at radius 2 is 1.60 bits per heavy atom. The Morgan fingerprint density at radius 1 is 0.960 bits per heavy atom. The molecule has 3 aromatic rings. The van der Waals surface area contributed by atoms with Gasteiger partial charge in [0.05, 0.1) is 6.10 Å². The molecule has 0 heterocycles. The van der Waals surface area contributed by atoms with Gasteiger partial charge in [-0.2, -0.15) is 0 Å². The molecule has 0 aliphatic carbocycles. The van der Waals surface area contributed by atoms with Gasteiger partial charge in [0.15, 0.2) is 0 Å². The van der Waals surface area contributed by atoms with E-state index in [9.17, 15) is 4.79 Å². The predicted molar refractivity (Wildman–Crippen MR) is 98.4 cm³/mol. The number of hydrogen-bond donors (Lipinski definition) is 1. The topological polar surface area (TPSA) is 46.5 Å². The van der Waals surface area contributed by atoms with Crippen LogP contribution >= 0.6 is 0 Å². The van der Waals surface area contributed by atoms with Crippen LogP contribution in [0.15, 0.2) is 66.7 Å². The van der Waals surface area contributed by atoms with Crippen molar-refractivity contribution in [2.24, 2.45) is 0 Å². The lowest BCUT2D eigenvalue weighted by molar-refractivity contribution is -0.144. The van der Waals surface area contributed by atoms with Gasteiger partial charge in [0.2, 0.25) is 0 Å². The van der Waals surface area contributed by atoms with E-state index in [4.69, 9.17) is 9.84 Å². The average Bonchev–Trinajstić information content (AvgIpc) is 2.64. The fourth-order valence-electron chi connectivity index (χ4n) is 2.54. The fraction of sp³-hybridized carbons (Fsp3) is 0.136. The number of hydrogen-bond acceptors (Lipinski definition) is 2. The zero-order valence-corrected chi connectivity index (χ0v) is 13.9. The largest absolute Gasteiger partial charge is 0.480 e. The molecule has 3 heteroatoms. The number of ether oxygens (including phenoxy) is 1. The Morgan fingerprint density at radius 3 is 2.32 bits per heavy atom. The fourth-order valence-corrected chi connectivity index (χ4v) is 2.54. The molecule has 0 bridgehead atoms. The van der Waals surface area contributed by atoms with Gasteiger partial charge in [-0.15, -0.1) is 0 Å². The van der Waals surface area contributed by atoms with Crippen molar-refractivity contribution in [2.45, 2.75) is 13.0 Å². The summed E-state index contributed by atoms with van der Waals surface area (Å²) in [5.74, 6) is 5.37. The second-order valence-corrected chi connectivity index (χ2v) is 5.78. The number of carbonyl (C=O) groups is 1. The van der Waals surface area contributed by atoms with Gasteiger partial charge in [-0.25, -0.2) is 4.79 Å². The summed E-state index contributed by atoms with van der Waals surface area (Å²) in [7, 11) is 0. The SMILES string of the molecule is CC(OCC(=O)O)c1ccc(C#Cc2ccc3ccccc3c2)cc1. The molecule has 3 rings (SSSR count). The molecule has 0 saturated carbocycles. The first kappa shape index (κ1) is 16.8. The first-order valence-electron chi connectivity index (χ1n) is 8.06. The smallest absolute Gasteiger partial charge is 0.329 e. The van der Waals surface area contributed by atoms with Crippen LogP contribution in [0, 0.1) is 11.8 Å². The number of aliphatic carboxylic acids is 1. The summed E-state index contributed by atoms with van der Waals surface area (Å²) in [6.07, 6.45) is -0.265. The molecule has 0 aliphatic heterocycles. The van der Waals surface area contributed by atoms with E-state index in [0.29, 0.717) is 0 Å². The van der Waals surface area contributed by atoms with Gasteiger partial charge in [-0.05, 0) is 47.5 Å². The van der Waals surface area contributed by atoms with Crippen LogP contribution < -0.4 is 0 Å². The zero-order chi connectivity index (χ0) is 17.6. The molecular weight excluding hydrogens is 312 g/mol. The third kappa shape index (κ3) is 4.47. The Kier molecular flexibility index (Phi) is 5.13. The molecule has 1 unspecified atom stereocenters. The maximum atomic E-state index is 10.5. The summed E-state index contributed by atoms with van der Waals surface area (Å²) in [6, 6.07) is 22.0. The second-order valence-electron chi connectivity index (χ2n) is 5.78. The van der Waals surface area contributed by atoms with Crippen molar-refractivity contribution < 1.29 is 14.6 Å². The molecule has 0 amide bonds. The highest BCUT2D eigenvalue weighted by Crippen LogP contribution is 2.17. The summed E-state index contributed by atoms with van der Waals surface area (Å²) >= 11 is 0. The van der Waals surface area contributed by atoms with Gasteiger partial charge < -0.3 is 9.84 Å². The van der Waals surface area contributed by atoms with E-state index in [2.05, 4.69) is 36.1 Å². The van der Waals surface area contributed by atoms with E-state index in [1.807, 2.05) is 49.4 Å². The summed E-state index contributed by atoms with van der Waals surface area (Å²) in [5, 5.41) is 11.0. The highest BCUT2D eigenvalue weighted by Gasteiger charge is 2.07. The van der Waals surface area contributed by atoms with Crippen molar-refractivity contribution in [1.82, 2.24) is 0 Å². The van der Waals surface area contributed by atoms with E-state index in [1.165, 1.54) is 10.8 Å². The van der Waals surface area contributed by atoms with Crippen LogP contribution in [0.1, 0.15) is 29.7 Å². The minimum absolute atomic E-state index is 0.265. The number of benzene rings is 3. The van der Waals surface area contributed by atoms with Crippen LogP contribution in [0.3, 0.4) is 0 Å². The van der Waals surface area contributed by atoms with Crippen molar-refractivity contribution in [3.63, 3.8) is 0 Å². The maximum absolute atomic E-state index is 10.5. The summed E-state index contributed by atoms with van der Waals surface area (Å²) in [5.41, 5.74) is 2.81. The first-order valence-corrected chi connectivity index (χ1v) is 8.06. The van der Waals surface area contributed by atoms with Crippen LogP contribution in [-0.4, -0.2) is 17.7 Å². The predicted octanol–water partition coefficient (Wildman–Crippen LogP) is 4.40. The third-order valence-electron chi connectivity index (χ3n) is 3.94. The molecule has 25 heavy (non-hydrogen) atoms. The summed E-state index contributed by atoms with van der Waals surface area (Å²) in [4.78, 5) is 10.5. The Balaban J connectivity index is 1.72. The van der Waals surface area contributed by atoms with Crippen molar-refractivity contribution >= 4 is 16.7 Å². The van der Waals surface area contributed by atoms with Crippen LogP contribution in [0.5, 0.6) is 0 Å². The lowest BCUT2D eigenvalue weighted by atomic mass is 10.1. The van der Waals surface area contributed by atoms with Gasteiger partial charge in [-0.1, -0.05) is 54.3 Å². The lowest BCUT2D eigenvalue weighted by Gasteiger charge is -2.11. The summed E-state index contributed by atoms with van der Waals surface area (Å²) in [6.45, 7) is 1.53. The van der Waals surface area contributed by atoms with E-state index in [0.717, 1.165) is 16.7 Å². The molecule has 0 aromatic heterocycles. The average molecular weight is 330 g/mol.